The lowest BCUT2D eigenvalue weighted by Crippen LogP contribution is -2.33. The van der Waals surface area contributed by atoms with Gasteiger partial charge in [0.1, 0.15) is 5.82 Å². The van der Waals surface area contributed by atoms with E-state index in [0.29, 0.717) is 18.0 Å². The summed E-state index contributed by atoms with van der Waals surface area (Å²) in [6.45, 7) is 3.73. The third kappa shape index (κ3) is 2.99. The first kappa shape index (κ1) is 13.9. The quantitative estimate of drug-likeness (QED) is 0.876. The Morgan fingerprint density at radius 3 is 3.33 bits per heavy atom. The maximum atomic E-state index is 12.2. The van der Waals surface area contributed by atoms with Gasteiger partial charge in [0.25, 0.3) is 5.91 Å². The Balaban J connectivity index is 1.56. The van der Waals surface area contributed by atoms with E-state index in [1.54, 1.807) is 6.20 Å². The van der Waals surface area contributed by atoms with Crippen LogP contribution in [-0.2, 0) is 19.4 Å². The zero-order chi connectivity index (χ0) is 14.7. The summed E-state index contributed by atoms with van der Waals surface area (Å²) in [4.78, 5) is 16.6. The summed E-state index contributed by atoms with van der Waals surface area (Å²) in [5.41, 5.74) is 1.60. The van der Waals surface area contributed by atoms with Crippen molar-refractivity contribution in [2.45, 2.75) is 39.2 Å². The van der Waals surface area contributed by atoms with Gasteiger partial charge in [-0.15, -0.1) is 0 Å². The molecule has 2 N–H and O–H groups in total. The summed E-state index contributed by atoms with van der Waals surface area (Å²) in [7, 11) is 0. The fourth-order valence-corrected chi connectivity index (χ4v) is 2.89. The van der Waals surface area contributed by atoms with Crippen LogP contribution in [0.1, 0.15) is 41.6 Å². The second-order valence-corrected chi connectivity index (χ2v) is 5.62. The Morgan fingerprint density at radius 2 is 2.48 bits per heavy atom. The molecular weight excluding hydrogens is 266 g/mol. The average Bonchev–Trinajstić information content (AvgIpc) is 3.13. The van der Waals surface area contributed by atoms with Gasteiger partial charge in [-0.25, -0.2) is 4.98 Å². The van der Waals surface area contributed by atoms with Crippen LogP contribution in [0.5, 0.6) is 0 Å². The molecule has 0 aromatic carbocycles. The molecule has 0 saturated carbocycles. The molecule has 6 heteroatoms. The van der Waals surface area contributed by atoms with E-state index in [-0.39, 0.29) is 5.91 Å². The predicted molar refractivity (Wildman–Crippen MR) is 79.0 cm³/mol. The molecule has 0 aliphatic carbocycles. The number of nitrogens with zero attached hydrogens (tertiary/aromatic N) is 3. The molecule has 3 rings (SSSR count). The highest BCUT2D eigenvalue weighted by atomic mass is 16.1. The number of carbonyl (C=O) groups is 1. The van der Waals surface area contributed by atoms with Gasteiger partial charge in [-0.1, -0.05) is 13.3 Å². The summed E-state index contributed by atoms with van der Waals surface area (Å²) in [5.74, 6) is 1.60. The van der Waals surface area contributed by atoms with Crippen molar-refractivity contribution in [2.24, 2.45) is 5.92 Å². The number of carbonyl (C=O) groups excluding carboxylic acids is 1. The third-order valence-corrected chi connectivity index (χ3v) is 4.05. The Kier molecular flexibility index (Phi) is 4.03. The number of H-pyrrole nitrogens is 1. The van der Waals surface area contributed by atoms with Crippen LogP contribution in [0.25, 0.3) is 0 Å². The molecule has 1 aliphatic rings. The molecule has 112 valence electrons. The van der Waals surface area contributed by atoms with Crippen molar-refractivity contribution < 1.29 is 4.79 Å². The lowest BCUT2D eigenvalue weighted by molar-refractivity contribution is 0.0942. The number of hydrogen-bond acceptors (Lipinski definition) is 3. The van der Waals surface area contributed by atoms with Crippen LogP contribution in [0, 0.1) is 5.92 Å². The zero-order valence-electron chi connectivity index (χ0n) is 12.3. The van der Waals surface area contributed by atoms with Crippen LogP contribution in [0.3, 0.4) is 0 Å². The number of hydrogen-bond donors (Lipinski definition) is 2. The van der Waals surface area contributed by atoms with E-state index in [2.05, 4.69) is 32.0 Å². The highest BCUT2D eigenvalue weighted by molar-refractivity contribution is 5.95. The van der Waals surface area contributed by atoms with Crippen LogP contribution >= 0.6 is 0 Å². The standard InChI is InChI=1S/C15H21N5O/c1-2-3-13-12(9-18-19-13)15(21)17-8-11-4-5-14-16-6-7-20(14)10-11/h6-7,9,11H,2-5,8,10H2,1H3,(H,17,21)(H,18,19). The van der Waals surface area contributed by atoms with Crippen molar-refractivity contribution in [1.29, 1.82) is 0 Å². The fourth-order valence-electron chi connectivity index (χ4n) is 2.89. The van der Waals surface area contributed by atoms with Crippen LogP contribution in [0.15, 0.2) is 18.6 Å². The van der Waals surface area contributed by atoms with Gasteiger partial charge in [-0.05, 0) is 18.8 Å². The highest BCUT2D eigenvalue weighted by Crippen LogP contribution is 2.18. The average molecular weight is 287 g/mol. The maximum absolute atomic E-state index is 12.2. The van der Waals surface area contributed by atoms with E-state index < -0.39 is 0 Å². The van der Waals surface area contributed by atoms with Gasteiger partial charge in [0.15, 0.2) is 0 Å². The van der Waals surface area contributed by atoms with Crippen molar-refractivity contribution in [3.05, 3.63) is 35.7 Å². The Morgan fingerprint density at radius 1 is 1.57 bits per heavy atom. The molecule has 0 bridgehead atoms. The van der Waals surface area contributed by atoms with Gasteiger partial charge < -0.3 is 9.88 Å². The predicted octanol–water partition coefficient (Wildman–Crippen LogP) is 1.55. The number of aromatic nitrogens is 4. The minimum Gasteiger partial charge on any atom is -0.352 e. The molecular formula is C15H21N5O. The number of nitrogens with one attached hydrogen (secondary N) is 2. The smallest absolute Gasteiger partial charge is 0.254 e. The van der Waals surface area contributed by atoms with Crippen molar-refractivity contribution in [1.82, 2.24) is 25.1 Å². The summed E-state index contributed by atoms with van der Waals surface area (Å²) in [6.07, 6.45) is 9.39. The normalized spacial score (nSPS) is 17.5. The maximum Gasteiger partial charge on any atom is 0.254 e. The van der Waals surface area contributed by atoms with Crippen molar-refractivity contribution in [2.75, 3.05) is 6.54 Å². The number of amides is 1. The van der Waals surface area contributed by atoms with Crippen LogP contribution < -0.4 is 5.32 Å². The van der Waals surface area contributed by atoms with Crippen molar-refractivity contribution in [3.8, 4) is 0 Å². The molecule has 2 aromatic rings. The first-order chi connectivity index (χ1) is 10.3. The lowest BCUT2D eigenvalue weighted by Gasteiger charge is -2.23. The molecule has 21 heavy (non-hydrogen) atoms. The Bertz CT molecular complexity index is 615. The largest absolute Gasteiger partial charge is 0.352 e. The zero-order valence-corrected chi connectivity index (χ0v) is 12.3. The molecule has 0 spiro atoms. The molecule has 1 unspecified atom stereocenters. The molecule has 0 saturated heterocycles. The summed E-state index contributed by atoms with van der Waals surface area (Å²) >= 11 is 0. The van der Waals surface area contributed by atoms with E-state index in [0.717, 1.165) is 43.7 Å². The number of imidazole rings is 1. The van der Waals surface area contributed by atoms with Gasteiger partial charge in [-0.2, -0.15) is 5.10 Å². The third-order valence-electron chi connectivity index (χ3n) is 4.05. The second kappa shape index (κ2) is 6.11. The lowest BCUT2D eigenvalue weighted by atomic mass is 9.99. The summed E-state index contributed by atoms with van der Waals surface area (Å²) < 4.78 is 2.18. The van der Waals surface area contributed by atoms with Gasteiger partial charge in [0.05, 0.1) is 11.8 Å². The van der Waals surface area contributed by atoms with Gasteiger partial charge in [0, 0.05) is 37.6 Å². The van der Waals surface area contributed by atoms with Crippen LogP contribution in [0.2, 0.25) is 0 Å². The van der Waals surface area contributed by atoms with Gasteiger partial charge in [0.2, 0.25) is 0 Å². The number of rotatable bonds is 5. The molecule has 3 heterocycles. The molecule has 6 nitrogen and oxygen atoms in total. The van der Waals surface area contributed by atoms with E-state index in [1.807, 2.05) is 12.4 Å². The van der Waals surface area contributed by atoms with E-state index in [4.69, 9.17) is 0 Å². The Hall–Kier alpha value is -2.11. The highest BCUT2D eigenvalue weighted by Gasteiger charge is 2.20. The monoisotopic (exact) mass is 287 g/mol. The van der Waals surface area contributed by atoms with Crippen molar-refractivity contribution >= 4 is 5.91 Å². The Labute approximate surface area is 124 Å². The minimum absolute atomic E-state index is 0.0244. The molecule has 0 fully saturated rings. The van der Waals surface area contributed by atoms with Gasteiger partial charge in [-0.3, -0.25) is 9.89 Å². The van der Waals surface area contributed by atoms with Gasteiger partial charge >= 0.3 is 0 Å². The van der Waals surface area contributed by atoms with Crippen LogP contribution in [0.4, 0.5) is 0 Å². The van der Waals surface area contributed by atoms with Crippen LogP contribution in [-0.4, -0.2) is 32.2 Å². The number of aromatic amines is 1. The second-order valence-electron chi connectivity index (χ2n) is 5.62. The fraction of sp³-hybridized carbons (Fsp3) is 0.533. The van der Waals surface area contributed by atoms with E-state index in [9.17, 15) is 4.79 Å². The van der Waals surface area contributed by atoms with E-state index in [1.165, 1.54) is 0 Å². The molecule has 1 aliphatic heterocycles. The minimum atomic E-state index is -0.0244. The SMILES string of the molecule is CCCc1[nH]ncc1C(=O)NCC1CCc2nccn2C1. The summed E-state index contributed by atoms with van der Waals surface area (Å²) in [6, 6.07) is 0. The molecule has 1 amide bonds. The molecule has 2 aromatic heterocycles. The van der Waals surface area contributed by atoms with Crippen molar-refractivity contribution in [3.63, 3.8) is 0 Å². The topological polar surface area (TPSA) is 75.6 Å². The molecule has 0 radical (unpaired) electrons. The number of aryl methyl sites for hydroxylation is 2. The first-order valence-corrected chi connectivity index (χ1v) is 7.58. The van der Waals surface area contributed by atoms with E-state index >= 15 is 0 Å². The first-order valence-electron chi connectivity index (χ1n) is 7.58. The molecule has 1 atom stereocenters. The summed E-state index contributed by atoms with van der Waals surface area (Å²) in [5, 5.41) is 9.94. The number of fused-ring (bicyclic) bond motifs is 1.